The zero-order valence-electron chi connectivity index (χ0n) is 28.5. The van der Waals surface area contributed by atoms with Crippen molar-refractivity contribution in [2.45, 2.75) is 0 Å². The molecule has 0 amide bonds. The molecule has 0 fully saturated rings. The molecule has 3 aromatic heterocycles. The summed E-state index contributed by atoms with van der Waals surface area (Å²) in [5.41, 5.74) is 6.95. The van der Waals surface area contributed by atoms with Crippen molar-refractivity contribution in [2.24, 2.45) is 0 Å². The molecule has 9 aromatic carbocycles. The number of aromatic amines is 1. The summed E-state index contributed by atoms with van der Waals surface area (Å²) in [5, 5.41) is 14.7. The highest BCUT2D eigenvalue weighted by atomic mass is 16.1. The molecule has 12 rings (SSSR count). The van der Waals surface area contributed by atoms with E-state index in [1.54, 1.807) is 0 Å². The molecule has 0 spiro atoms. The molecule has 0 saturated carbocycles. The summed E-state index contributed by atoms with van der Waals surface area (Å²) in [7, 11) is 0. The third-order valence-electron chi connectivity index (χ3n) is 11.4. The van der Waals surface area contributed by atoms with Crippen LogP contribution < -0.4 is 5.56 Å². The van der Waals surface area contributed by atoms with Gasteiger partial charge in [0.25, 0.3) is 5.56 Å². The highest BCUT2D eigenvalue weighted by Gasteiger charge is 2.20. The summed E-state index contributed by atoms with van der Waals surface area (Å²) >= 11 is 0. The summed E-state index contributed by atoms with van der Waals surface area (Å²) in [5.74, 6) is 0. The fourth-order valence-corrected chi connectivity index (χ4v) is 9.08. The maximum atomic E-state index is 14.9. The molecule has 4 heteroatoms. The van der Waals surface area contributed by atoms with Gasteiger partial charge < -0.3 is 9.55 Å². The Bertz CT molecular complexity index is 3550. The van der Waals surface area contributed by atoms with Gasteiger partial charge >= 0.3 is 0 Å². The van der Waals surface area contributed by atoms with Gasteiger partial charge in [-0.2, -0.15) is 0 Å². The van der Waals surface area contributed by atoms with Crippen molar-refractivity contribution in [3.63, 3.8) is 0 Å². The summed E-state index contributed by atoms with van der Waals surface area (Å²) in [6.07, 6.45) is 0. The number of fused-ring (bicyclic) bond motifs is 15. The van der Waals surface area contributed by atoms with Crippen molar-refractivity contribution in [1.29, 1.82) is 0 Å². The molecule has 246 valence electrons. The van der Waals surface area contributed by atoms with Crippen LogP contribution in [0.3, 0.4) is 0 Å². The number of H-pyrrole nitrogens is 1. The van der Waals surface area contributed by atoms with Crippen molar-refractivity contribution in [3.05, 3.63) is 180 Å². The van der Waals surface area contributed by atoms with Crippen LogP contribution in [0.1, 0.15) is 0 Å². The van der Waals surface area contributed by atoms with Crippen LogP contribution in [-0.2, 0) is 0 Å². The maximum Gasteiger partial charge on any atom is 0.263 e. The number of para-hydroxylation sites is 3. The molecule has 1 N–H and O–H groups in total. The number of hydrogen-bond acceptors (Lipinski definition) is 1. The Labute approximate surface area is 302 Å². The van der Waals surface area contributed by atoms with Crippen LogP contribution in [0.15, 0.2) is 175 Å². The van der Waals surface area contributed by atoms with Crippen molar-refractivity contribution in [1.82, 2.24) is 14.1 Å². The fraction of sp³-hybridized carbons (Fsp3) is 0. The average molecular weight is 676 g/mol. The number of nitrogens with one attached hydrogen (secondary N) is 1. The second-order valence-corrected chi connectivity index (χ2v) is 14.2. The van der Waals surface area contributed by atoms with Crippen LogP contribution in [0.5, 0.6) is 0 Å². The lowest BCUT2D eigenvalue weighted by atomic mass is 9.94. The van der Waals surface area contributed by atoms with Crippen LogP contribution in [0, 0.1) is 0 Å². The molecule has 3 heterocycles. The third kappa shape index (κ3) is 3.87. The van der Waals surface area contributed by atoms with Crippen LogP contribution in [0.25, 0.3) is 109 Å². The number of nitrogens with zero attached hydrogens (tertiary/aromatic N) is 2. The van der Waals surface area contributed by atoms with E-state index in [4.69, 9.17) is 0 Å². The molecule has 0 saturated heterocycles. The summed E-state index contributed by atoms with van der Waals surface area (Å²) < 4.78 is 4.22. The Hall–Kier alpha value is -7.17. The van der Waals surface area contributed by atoms with E-state index in [0.29, 0.717) is 5.39 Å². The molecule has 0 atom stereocenters. The van der Waals surface area contributed by atoms with E-state index in [2.05, 4.69) is 149 Å². The third-order valence-corrected chi connectivity index (χ3v) is 11.4. The predicted molar refractivity (Wildman–Crippen MR) is 223 cm³/mol. The molecule has 0 bridgehead atoms. The monoisotopic (exact) mass is 675 g/mol. The maximum absolute atomic E-state index is 14.9. The summed E-state index contributed by atoms with van der Waals surface area (Å²) in [6.45, 7) is 0. The van der Waals surface area contributed by atoms with E-state index < -0.39 is 0 Å². The summed E-state index contributed by atoms with van der Waals surface area (Å²) in [6, 6.07) is 60.1. The van der Waals surface area contributed by atoms with Crippen molar-refractivity contribution in [3.8, 4) is 11.4 Å². The largest absolute Gasteiger partial charge is 0.354 e. The average Bonchev–Trinajstić information content (AvgIpc) is 3.75. The first-order chi connectivity index (χ1) is 26.2. The Balaban J connectivity index is 1.23. The van der Waals surface area contributed by atoms with Crippen LogP contribution in [0.4, 0.5) is 0 Å². The Morgan fingerprint density at radius 3 is 1.60 bits per heavy atom. The molecule has 53 heavy (non-hydrogen) atoms. The number of pyridine rings is 1. The fourth-order valence-electron chi connectivity index (χ4n) is 9.08. The van der Waals surface area contributed by atoms with Crippen LogP contribution in [0.2, 0.25) is 0 Å². The molecular formula is C49H29N3O. The van der Waals surface area contributed by atoms with Gasteiger partial charge in [0.05, 0.1) is 21.9 Å². The van der Waals surface area contributed by atoms with Crippen molar-refractivity contribution < 1.29 is 0 Å². The number of aromatic nitrogens is 3. The van der Waals surface area contributed by atoms with Crippen LogP contribution in [-0.4, -0.2) is 14.1 Å². The van der Waals surface area contributed by atoms with Crippen molar-refractivity contribution >= 4 is 97.6 Å². The van der Waals surface area contributed by atoms with Crippen LogP contribution >= 0.6 is 0 Å². The van der Waals surface area contributed by atoms with Gasteiger partial charge in [0.15, 0.2) is 0 Å². The zero-order valence-corrected chi connectivity index (χ0v) is 28.5. The molecule has 12 aromatic rings. The molecule has 0 aliphatic rings. The first-order valence-corrected chi connectivity index (χ1v) is 18.1. The molecule has 0 aliphatic heterocycles. The Kier molecular flexibility index (Phi) is 5.62. The van der Waals surface area contributed by atoms with Crippen molar-refractivity contribution in [2.75, 3.05) is 0 Å². The van der Waals surface area contributed by atoms with Gasteiger partial charge in [-0.05, 0) is 98.4 Å². The van der Waals surface area contributed by atoms with Gasteiger partial charge in [0, 0.05) is 49.3 Å². The Morgan fingerprint density at radius 2 is 0.849 bits per heavy atom. The quantitative estimate of drug-likeness (QED) is 0.182. The SMILES string of the molecule is O=c1c2cc3c(cc2c2cc4c(cc2n1-c1ccccc1)[nH]c1ccccc14)c1ccccc1n3-c1ccc2c3ccccc3c3ccccc3c2c1. The second kappa shape index (κ2) is 10.4. The highest BCUT2D eigenvalue weighted by Crippen LogP contribution is 2.41. The first-order valence-electron chi connectivity index (χ1n) is 18.1. The van der Waals surface area contributed by atoms with Gasteiger partial charge in [-0.25, -0.2) is 0 Å². The van der Waals surface area contributed by atoms with E-state index >= 15 is 0 Å². The van der Waals surface area contributed by atoms with E-state index in [1.165, 1.54) is 37.7 Å². The molecule has 0 aliphatic carbocycles. The van der Waals surface area contributed by atoms with Gasteiger partial charge in [-0.15, -0.1) is 0 Å². The lowest BCUT2D eigenvalue weighted by molar-refractivity contribution is 1.06. The predicted octanol–water partition coefficient (Wildman–Crippen LogP) is 12.3. The van der Waals surface area contributed by atoms with Gasteiger partial charge in [-0.1, -0.05) is 109 Å². The minimum absolute atomic E-state index is 0.0381. The molecule has 0 unspecified atom stereocenters. The molecule has 0 radical (unpaired) electrons. The van der Waals surface area contributed by atoms with Gasteiger partial charge in [0.2, 0.25) is 0 Å². The van der Waals surface area contributed by atoms with Gasteiger partial charge in [-0.3, -0.25) is 9.36 Å². The topological polar surface area (TPSA) is 42.7 Å². The van der Waals surface area contributed by atoms with E-state index in [0.717, 1.165) is 65.9 Å². The number of rotatable bonds is 2. The van der Waals surface area contributed by atoms with E-state index in [9.17, 15) is 4.79 Å². The molecular weight excluding hydrogens is 647 g/mol. The van der Waals surface area contributed by atoms with Gasteiger partial charge in [0.1, 0.15) is 0 Å². The first kappa shape index (κ1) is 28.5. The minimum Gasteiger partial charge on any atom is -0.354 e. The molecule has 4 nitrogen and oxygen atoms in total. The zero-order chi connectivity index (χ0) is 34.8. The normalized spacial score (nSPS) is 12.2. The number of benzene rings is 9. The standard InChI is InChI=1S/C49H29N3O/c53-49-43-27-47-41(25-39(43)42-26-40-36-18-8-10-20-44(36)50-45(40)28-48(42)52(49)29-12-2-1-3-13-29)37-19-9-11-21-46(37)51(47)30-22-23-35-33-16-5-4-14-31(33)32-15-6-7-17-34(32)38(35)24-30/h1-28,50H. The highest BCUT2D eigenvalue weighted by molar-refractivity contribution is 6.26. The van der Waals surface area contributed by atoms with E-state index in [-0.39, 0.29) is 5.56 Å². The lowest BCUT2D eigenvalue weighted by Crippen LogP contribution is -2.19. The van der Waals surface area contributed by atoms with E-state index in [1.807, 2.05) is 34.9 Å². The Morgan fingerprint density at radius 1 is 0.302 bits per heavy atom. The smallest absolute Gasteiger partial charge is 0.263 e. The lowest BCUT2D eigenvalue weighted by Gasteiger charge is -2.15. The number of hydrogen-bond donors (Lipinski definition) is 1. The second-order valence-electron chi connectivity index (χ2n) is 14.2. The summed E-state index contributed by atoms with van der Waals surface area (Å²) in [4.78, 5) is 18.6. The minimum atomic E-state index is -0.0381.